The lowest BCUT2D eigenvalue weighted by atomic mass is 9.84. The van der Waals surface area contributed by atoms with Crippen molar-refractivity contribution < 1.29 is 19.8 Å². The fourth-order valence-electron chi connectivity index (χ4n) is 4.22. The molecule has 1 amide bonds. The Balaban J connectivity index is 2.01. The van der Waals surface area contributed by atoms with Gasteiger partial charge in [-0.2, -0.15) is 0 Å². The van der Waals surface area contributed by atoms with E-state index in [-0.39, 0.29) is 27.5 Å². The molecule has 1 aliphatic heterocycles. The number of benzene rings is 3. The molecule has 1 saturated heterocycles. The molecule has 4 rings (SSSR count). The first kappa shape index (κ1) is 24.8. The SMILES string of the molecule is Cc1ccc(C(C)(C)C)cc1/C(O)=C1\C(=O)C(=O)N(c2cccc(Cl)c2)C1c1ccc(O)c(Cl)c1. The predicted molar refractivity (Wildman–Crippen MR) is 139 cm³/mol. The van der Waals surface area contributed by atoms with E-state index in [9.17, 15) is 19.8 Å². The van der Waals surface area contributed by atoms with E-state index in [4.69, 9.17) is 23.2 Å². The van der Waals surface area contributed by atoms with Crippen LogP contribution in [0.15, 0.2) is 66.2 Å². The quantitative estimate of drug-likeness (QED) is 0.228. The number of hydrogen-bond donors (Lipinski definition) is 2. The lowest BCUT2D eigenvalue weighted by Crippen LogP contribution is -2.29. The van der Waals surface area contributed by atoms with Crippen LogP contribution in [0, 0.1) is 6.92 Å². The second kappa shape index (κ2) is 9.06. The maximum absolute atomic E-state index is 13.4. The van der Waals surface area contributed by atoms with Crippen LogP contribution in [0.3, 0.4) is 0 Å². The van der Waals surface area contributed by atoms with Crippen LogP contribution < -0.4 is 4.90 Å². The summed E-state index contributed by atoms with van der Waals surface area (Å²) in [4.78, 5) is 28.0. The fourth-order valence-corrected chi connectivity index (χ4v) is 4.60. The molecule has 0 radical (unpaired) electrons. The van der Waals surface area contributed by atoms with Crippen molar-refractivity contribution in [1.82, 2.24) is 0 Å². The lowest BCUT2D eigenvalue weighted by molar-refractivity contribution is -0.132. The molecule has 0 aromatic heterocycles. The van der Waals surface area contributed by atoms with Gasteiger partial charge in [0.05, 0.1) is 16.6 Å². The Kier molecular flexibility index (Phi) is 6.43. The van der Waals surface area contributed by atoms with Crippen LogP contribution in [0.4, 0.5) is 5.69 Å². The van der Waals surface area contributed by atoms with E-state index >= 15 is 0 Å². The minimum Gasteiger partial charge on any atom is -0.507 e. The summed E-state index contributed by atoms with van der Waals surface area (Å²) in [7, 11) is 0. The molecule has 1 fully saturated rings. The summed E-state index contributed by atoms with van der Waals surface area (Å²) < 4.78 is 0. The number of aliphatic hydroxyl groups is 1. The number of aryl methyl sites for hydroxylation is 1. The number of carbonyl (C=O) groups excluding carboxylic acids is 2. The molecule has 0 aliphatic carbocycles. The molecule has 180 valence electrons. The summed E-state index contributed by atoms with van der Waals surface area (Å²) in [6.45, 7) is 8.00. The zero-order chi connectivity index (χ0) is 25.7. The van der Waals surface area contributed by atoms with E-state index in [1.54, 1.807) is 30.3 Å². The maximum atomic E-state index is 13.4. The highest BCUT2D eigenvalue weighted by molar-refractivity contribution is 6.52. The highest BCUT2D eigenvalue weighted by Crippen LogP contribution is 2.44. The van der Waals surface area contributed by atoms with E-state index in [0.29, 0.717) is 21.8 Å². The third-order valence-electron chi connectivity index (χ3n) is 6.18. The summed E-state index contributed by atoms with van der Waals surface area (Å²) in [5, 5.41) is 21.9. The van der Waals surface area contributed by atoms with Gasteiger partial charge in [0.2, 0.25) is 0 Å². The number of nitrogens with zero attached hydrogens (tertiary/aromatic N) is 1. The topological polar surface area (TPSA) is 77.8 Å². The standard InChI is InChI=1S/C28H25Cl2NO4/c1-15-8-10-17(28(2,3)4)13-20(15)25(33)23-24(16-9-11-22(32)21(30)12-16)31(27(35)26(23)34)19-7-5-6-18(29)14-19/h5-14,24,32-33H,1-4H3/b25-23+. The molecule has 2 N–H and O–H groups in total. The Bertz CT molecular complexity index is 1390. The Hall–Kier alpha value is -3.28. The number of anilines is 1. The summed E-state index contributed by atoms with van der Waals surface area (Å²) in [5.41, 5.74) is 2.79. The number of ketones is 1. The average molecular weight is 510 g/mol. The number of aliphatic hydroxyl groups excluding tert-OH is 1. The number of carbonyl (C=O) groups is 2. The molecule has 35 heavy (non-hydrogen) atoms. The summed E-state index contributed by atoms with van der Waals surface area (Å²) in [5.74, 6) is -2.03. The van der Waals surface area contributed by atoms with Gasteiger partial charge in [-0.1, -0.05) is 68.2 Å². The molecule has 1 aliphatic rings. The number of halogens is 2. The van der Waals surface area contributed by atoms with E-state index in [0.717, 1.165) is 11.1 Å². The highest BCUT2D eigenvalue weighted by atomic mass is 35.5. The van der Waals surface area contributed by atoms with Crippen LogP contribution in [-0.4, -0.2) is 21.9 Å². The molecule has 1 unspecified atom stereocenters. The summed E-state index contributed by atoms with van der Waals surface area (Å²) in [6, 6.07) is 15.7. The fraction of sp³-hybridized carbons (Fsp3) is 0.214. The Labute approximate surface area is 214 Å². The molecule has 0 bridgehead atoms. The first-order valence-corrected chi connectivity index (χ1v) is 11.8. The number of Topliss-reactive ketones (excluding diaryl/α,β-unsaturated/α-hetero) is 1. The van der Waals surface area contributed by atoms with Crippen LogP contribution in [0.25, 0.3) is 5.76 Å². The predicted octanol–water partition coefficient (Wildman–Crippen LogP) is 6.93. The van der Waals surface area contributed by atoms with Gasteiger partial charge < -0.3 is 10.2 Å². The molecule has 3 aromatic rings. The minimum atomic E-state index is -0.982. The van der Waals surface area contributed by atoms with Gasteiger partial charge in [0.1, 0.15) is 11.5 Å². The van der Waals surface area contributed by atoms with Gasteiger partial charge in [0.25, 0.3) is 11.7 Å². The molecule has 1 atom stereocenters. The van der Waals surface area contributed by atoms with Crippen molar-refractivity contribution in [2.75, 3.05) is 4.90 Å². The van der Waals surface area contributed by atoms with Crippen molar-refractivity contribution in [3.63, 3.8) is 0 Å². The average Bonchev–Trinajstić information content (AvgIpc) is 3.05. The third kappa shape index (κ3) is 4.54. The van der Waals surface area contributed by atoms with Gasteiger partial charge in [0, 0.05) is 16.3 Å². The van der Waals surface area contributed by atoms with Crippen LogP contribution in [-0.2, 0) is 15.0 Å². The van der Waals surface area contributed by atoms with Crippen molar-refractivity contribution in [1.29, 1.82) is 0 Å². The molecule has 1 heterocycles. The monoisotopic (exact) mass is 509 g/mol. The molecule has 7 heteroatoms. The molecule has 0 saturated carbocycles. The smallest absolute Gasteiger partial charge is 0.300 e. The van der Waals surface area contributed by atoms with E-state index in [2.05, 4.69) is 20.8 Å². The van der Waals surface area contributed by atoms with Crippen molar-refractivity contribution in [2.45, 2.75) is 39.2 Å². The molecule has 0 spiro atoms. The van der Waals surface area contributed by atoms with E-state index < -0.39 is 17.7 Å². The number of aromatic hydroxyl groups is 1. The molecule has 3 aromatic carbocycles. The largest absolute Gasteiger partial charge is 0.507 e. The second-order valence-corrected chi connectivity index (χ2v) is 10.5. The first-order chi connectivity index (χ1) is 16.4. The third-order valence-corrected chi connectivity index (χ3v) is 6.71. The number of phenols is 1. The van der Waals surface area contributed by atoms with Crippen LogP contribution in [0.1, 0.15) is 49.1 Å². The zero-order valence-electron chi connectivity index (χ0n) is 19.8. The van der Waals surface area contributed by atoms with Crippen molar-refractivity contribution in [3.05, 3.63) is 98.5 Å². The number of hydrogen-bond acceptors (Lipinski definition) is 4. The van der Waals surface area contributed by atoms with Crippen molar-refractivity contribution in [3.8, 4) is 5.75 Å². The highest BCUT2D eigenvalue weighted by Gasteiger charge is 2.47. The van der Waals surface area contributed by atoms with Gasteiger partial charge in [-0.05, 0) is 65.4 Å². The van der Waals surface area contributed by atoms with Crippen LogP contribution >= 0.6 is 23.2 Å². The Morgan fingerprint density at radius 1 is 0.971 bits per heavy atom. The van der Waals surface area contributed by atoms with E-state index in [1.165, 1.54) is 17.0 Å². The molecular formula is C28H25Cl2NO4. The van der Waals surface area contributed by atoms with E-state index in [1.807, 2.05) is 25.1 Å². The van der Waals surface area contributed by atoms with Gasteiger partial charge in [0.15, 0.2) is 0 Å². The zero-order valence-corrected chi connectivity index (χ0v) is 21.3. The van der Waals surface area contributed by atoms with Gasteiger partial charge in [-0.3, -0.25) is 14.5 Å². The number of amides is 1. The molecular weight excluding hydrogens is 485 g/mol. The van der Waals surface area contributed by atoms with Crippen LogP contribution in [0.2, 0.25) is 10.0 Å². The van der Waals surface area contributed by atoms with Crippen LogP contribution in [0.5, 0.6) is 5.75 Å². The lowest BCUT2D eigenvalue weighted by Gasteiger charge is -2.26. The summed E-state index contributed by atoms with van der Waals surface area (Å²) >= 11 is 12.4. The Morgan fingerprint density at radius 3 is 2.31 bits per heavy atom. The van der Waals surface area contributed by atoms with Gasteiger partial charge >= 0.3 is 0 Å². The second-order valence-electron chi connectivity index (χ2n) is 9.64. The maximum Gasteiger partial charge on any atom is 0.300 e. The van der Waals surface area contributed by atoms with Gasteiger partial charge in [-0.25, -0.2) is 0 Å². The number of phenolic OH excluding ortho intramolecular Hbond substituents is 1. The molecule has 5 nitrogen and oxygen atoms in total. The summed E-state index contributed by atoms with van der Waals surface area (Å²) in [6.07, 6.45) is 0. The first-order valence-electron chi connectivity index (χ1n) is 11.1. The van der Waals surface area contributed by atoms with Gasteiger partial charge in [-0.15, -0.1) is 0 Å². The minimum absolute atomic E-state index is 0.0603. The Morgan fingerprint density at radius 2 is 1.69 bits per heavy atom. The normalized spacial score (nSPS) is 17.8. The van der Waals surface area contributed by atoms with Crippen molar-refractivity contribution >= 4 is 46.3 Å². The van der Waals surface area contributed by atoms with Crippen molar-refractivity contribution in [2.24, 2.45) is 0 Å². The number of rotatable bonds is 3.